The highest BCUT2D eigenvalue weighted by Gasteiger charge is 2.22. The number of carbonyl (C=O) groups excluding carboxylic acids is 1. The number of nitrogens with zero attached hydrogens (tertiary/aromatic N) is 3. The number of amides is 1. The van der Waals surface area contributed by atoms with E-state index < -0.39 is 0 Å². The van der Waals surface area contributed by atoms with Crippen molar-refractivity contribution in [2.45, 2.75) is 46.7 Å². The largest absolute Gasteiger partial charge is 0.469 e. The van der Waals surface area contributed by atoms with Gasteiger partial charge >= 0.3 is 0 Å². The van der Waals surface area contributed by atoms with Crippen molar-refractivity contribution in [2.75, 3.05) is 0 Å². The zero-order valence-electron chi connectivity index (χ0n) is 14.9. The maximum atomic E-state index is 12.6. The van der Waals surface area contributed by atoms with Crippen LogP contribution in [-0.4, -0.2) is 26.9 Å². The number of hydrogen-bond acceptors (Lipinski definition) is 5. The minimum atomic E-state index is -0.257. The maximum Gasteiger partial charge on any atom is 0.274 e. The Morgan fingerprint density at radius 3 is 2.80 bits per heavy atom. The van der Waals surface area contributed by atoms with E-state index in [1.807, 2.05) is 43.7 Å². The molecule has 1 N–H and O–H groups in total. The van der Waals surface area contributed by atoms with E-state index in [1.54, 1.807) is 13.2 Å². The Bertz CT molecular complexity index is 861. The summed E-state index contributed by atoms with van der Waals surface area (Å²) in [5.74, 6) is 1.19. The number of nitrogens with one attached hydrogen (secondary N) is 1. The van der Waals surface area contributed by atoms with E-state index in [0.717, 1.165) is 22.7 Å². The SMILES string of the molecule is Cc1cc(C)n(Cc2c(C(=O)NC(C)Cc3ccco3)noc2C)n1. The van der Waals surface area contributed by atoms with E-state index >= 15 is 0 Å². The van der Waals surface area contributed by atoms with Gasteiger partial charge in [-0.1, -0.05) is 5.16 Å². The summed E-state index contributed by atoms with van der Waals surface area (Å²) in [5, 5.41) is 11.3. The van der Waals surface area contributed by atoms with E-state index in [0.29, 0.717) is 24.4 Å². The molecule has 0 aliphatic carbocycles. The van der Waals surface area contributed by atoms with Crippen LogP contribution >= 0.6 is 0 Å². The number of carbonyl (C=O) groups is 1. The monoisotopic (exact) mass is 342 g/mol. The fraction of sp³-hybridized carbons (Fsp3) is 0.389. The van der Waals surface area contributed by atoms with Crippen molar-refractivity contribution in [1.82, 2.24) is 20.3 Å². The van der Waals surface area contributed by atoms with Gasteiger partial charge in [0.25, 0.3) is 5.91 Å². The van der Waals surface area contributed by atoms with Gasteiger partial charge in [0.15, 0.2) is 5.69 Å². The van der Waals surface area contributed by atoms with Crippen LogP contribution in [0.15, 0.2) is 33.4 Å². The molecule has 7 heteroatoms. The number of aryl methyl sites for hydroxylation is 3. The molecule has 0 bridgehead atoms. The predicted molar refractivity (Wildman–Crippen MR) is 91.4 cm³/mol. The molecule has 1 amide bonds. The van der Waals surface area contributed by atoms with Crippen molar-refractivity contribution in [3.63, 3.8) is 0 Å². The highest BCUT2D eigenvalue weighted by molar-refractivity contribution is 5.94. The standard InChI is InChI=1S/C18H22N4O3/c1-11(9-15-6-5-7-24-15)19-18(23)17-16(14(4)25-21-17)10-22-13(3)8-12(2)20-22/h5-8,11H,9-10H2,1-4H3,(H,19,23). The molecule has 1 atom stereocenters. The molecule has 3 rings (SSSR count). The summed E-state index contributed by atoms with van der Waals surface area (Å²) in [6, 6.07) is 5.62. The van der Waals surface area contributed by atoms with E-state index in [-0.39, 0.29) is 11.9 Å². The summed E-state index contributed by atoms with van der Waals surface area (Å²) in [6.07, 6.45) is 2.24. The first-order valence-electron chi connectivity index (χ1n) is 8.23. The average molecular weight is 342 g/mol. The van der Waals surface area contributed by atoms with E-state index in [9.17, 15) is 4.79 Å². The van der Waals surface area contributed by atoms with Gasteiger partial charge in [-0.05, 0) is 45.9 Å². The zero-order chi connectivity index (χ0) is 18.0. The van der Waals surface area contributed by atoms with Gasteiger partial charge in [0.05, 0.1) is 18.5 Å². The van der Waals surface area contributed by atoms with Crippen LogP contribution in [0.25, 0.3) is 0 Å². The zero-order valence-corrected chi connectivity index (χ0v) is 14.9. The highest BCUT2D eigenvalue weighted by Crippen LogP contribution is 2.17. The second kappa shape index (κ2) is 6.96. The van der Waals surface area contributed by atoms with E-state index in [1.165, 1.54) is 0 Å². The van der Waals surface area contributed by atoms with Gasteiger partial charge in [-0.15, -0.1) is 0 Å². The Morgan fingerprint density at radius 1 is 1.36 bits per heavy atom. The van der Waals surface area contributed by atoms with Gasteiger partial charge < -0.3 is 14.3 Å². The molecule has 3 aromatic heterocycles. The molecule has 25 heavy (non-hydrogen) atoms. The number of hydrogen-bond donors (Lipinski definition) is 1. The molecule has 0 aliphatic heterocycles. The van der Waals surface area contributed by atoms with Crippen molar-refractivity contribution in [2.24, 2.45) is 0 Å². The van der Waals surface area contributed by atoms with E-state index in [4.69, 9.17) is 8.94 Å². The summed E-state index contributed by atoms with van der Waals surface area (Å²) in [7, 11) is 0. The fourth-order valence-corrected chi connectivity index (χ4v) is 2.81. The number of aromatic nitrogens is 3. The van der Waals surface area contributed by atoms with Gasteiger partial charge in [-0.2, -0.15) is 5.10 Å². The molecule has 0 saturated carbocycles. The number of furan rings is 1. The summed E-state index contributed by atoms with van der Waals surface area (Å²) in [5.41, 5.74) is 3.01. The first-order chi connectivity index (χ1) is 11.9. The number of rotatable bonds is 6. The molecular weight excluding hydrogens is 320 g/mol. The normalized spacial score (nSPS) is 12.3. The third-order valence-corrected chi connectivity index (χ3v) is 4.08. The Labute approximate surface area is 146 Å². The molecule has 1 unspecified atom stereocenters. The van der Waals surface area contributed by atoms with Crippen LogP contribution < -0.4 is 5.32 Å². The van der Waals surface area contributed by atoms with Gasteiger partial charge in [-0.3, -0.25) is 9.48 Å². The first kappa shape index (κ1) is 17.0. The van der Waals surface area contributed by atoms with Gasteiger partial charge in [-0.25, -0.2) is 0 Å². The molecule has 0 spiro atoms. The van der Waals surface area contributed by atoms with Crippen LogP contribution in [0.4, 0.5) is 0 Å². The van der Waals surface area contributed by atoms with Crippen LogP contribution in [-0.2, 0) is 13.0 Å². The molecule has 3 heterocycles. The highest BCUT2D eigenvalue weighted by atomic mass is 16.5. The summed E-state index contributed by atoms with van der Waals surface area (Å²) in [4.78, 5) is 12.6. The second-order valence-electron chi connectivity index (χ2n) is 6.31. The van der Waals surface area contributed by atoms with Crippen molar-refractivity contribution < 1.29 is 13.7 Å². The molecule has 0 radical (unpaired) electrons. The average Bonchev–Trinajstić information content (AvgIpc) is 3.23. The smallest absolute Gasteiger partial charge is 0.274 e. The van der Waals surface area contributed by atoms with Gasteiger partial charge in [0, 0.05) is 23.7 Å². The Kier molecular flexibility index (Phi) is 4.74. The molecule has 7 nitrogen and oxygen atoms in total. The molecule has 0 aliphatic rings. The molecule has 132 valence electrons. The van der Waals surface area contributed by atoms with Crippen LogP contribution in [0.2, 0.25) is 0 Å². The summed E-state index contributed by atoms with van der Waals surface area (Å²) < 4.78 is 12.4. The predicted octanol–water partition coefficient (Wildman–Crippen LogP) is 2.80. The molecule has 0 fully saturated rings. The lowest BCUT2D eigenvalue weighted by Crippen LogP contribution is -2.34. The molecule has 0 aromatic carbocycles. The Hall–Kier alpha value is -2.83. The topological polar surface area (TPSA) is 86.1 Å². The summed E-state index contributed by atoms with van der Waals surface area (Å²) in [6.45, 7) is 8.09. The third kappa shape index (κ3) is 3.81. The van der Waals surface area contributed by atoms with Crippen molar-refractivity contribution in [3.05, 3.63) is 58.6 Å². The van der Waals surface area contributed by atoms with Gasteiger partial charge in [0.2, 0.25) is 0 Å². The minimum Gasteiger partial charge on any atom is -0.469 e. The van der Waals surface area contributed by atoms with Crippen molar-refractivity contribution >= 4 is 5.91 Å². The molecule has 3 aromatic rings. The van der Waals surface area contributed by atoms with Crippen LogP contribution in [0.1, 0.15) is 45.9 Å². The third-order valence-electron chi connectivity index (χ3n) is 4.08. The van der Waals surface area contributed by atoms with Crippen LogP contribution in [0, 0.1) is 20.8 Å². The van der Waals surface area contributed by atoms with Crippen LogP contribution in [0.5, 0.6) is 0 Å². The van der Waals surface area contributed by atoms with Crippen LogP contribution in [0.3, 0.4) is 0 Å². The van der Waals surface area contributed by atoms with E-state index in [2.05, 4.69) is 15.6 Å². The first-order valence-corrected chi connectivity index (χ1v) is 8.23. The fourth-order valence-electron chi connectivity index (χ4n) is 2.81. The lowest BCUT2D eigenvalue weighted by atomic mass is 10.1. The quantitative estimate of drug-likeness (QED) is 0.744. The Balaban J connectivity index is 1.73. The minimum absolute atomic E-state index is 0.0859. The lowest BCUT2D eigenvalue weighted by Gasteiger charge is -2.12. The van der Waals surface area contributed by atoms with Gasteiger partial charge in [0.1, 0.15) is 11.5 Å². The van der Waals surface area contributed by atoms with Crippen molar-refractivity contribution in [3.8, 4) is 0 Å². The second-order valence-corrected chi connectivity index (χ2v) is 6.31. The Morgan fingerprint density at radius 2 is 2.16 bits per heavy atom. The molecule has 0 saturated heterocycles. The molecular formula is C18H22N4O3. The lowest BCUT2D eigenvalue weighted by molar-refractivity contribution is 0.0929. The van der Waals surface area contributed by atoms with Crippen molar-refractivity contribution in [1.29, 1.82) is 0 Å². The summed E-state index contributed by atoms with van der Waals surface area (Å²) >= 11 is 0. The maximum absolute atomic E-state index is 12.6.